The average molecular weight is 339 g/mol. The van der Waals surface area contributed by atoms with E-state index in [0.717, 1.165) is 32.5 Å². The predicted molar refractivity (Wildman–Crippen MR) is 93.9 cm³/mol. The zero-order chi connectivity index (χ0) is 17.0. The van der Waals surface area contributed by atoms with Gasteiger partial charge in [-0.3, -0.25) is 4.79 Å². The monoisotopic (exact) mass is 338 g/mol. The van der Waals surface area contributed by atoms with E-state index in [1.807, 2.05) is 11.9 Å². The zero-order valence-electron chi connectivity index (χ0n) is 14.2. The van der Waals surface area contributed by atoms with Gasteiger partial charge in [-0.2, -0.15) is 0 Å². The van der Waals surface area contributed by atoms with Crippen molar-refractivity contribution in [2.45, 2.75) is 38.8 Å². The number of likely N-dealkylation sites (N-methyl/N-ethyl adjacent to an activating group) is 1. The second-order valence-electron chi connectivity index (χ2n) is 6.77. The van der Waals surface area contributed by atoms with E-state index in [1.165, 1.54) is 0 Å². The van der Waals surface area contributed by atoms with Crippen LogP contribution in [0.25, 0.3) is 0 Å². The summed E-state index contributed by atoms with van der Waals surface area (Å²) in [6, 6.07) is 7.19. The lowest BCUT2D eigenvalue weighted by Gasteiger charge is -2.38. The molecule has 1 aliphatic heterocycles. The Morgan fingerprint density at radius 3 is 2.39 bits per heavy atom. The molecule has 0 radical (unpaired) electrons. The molecule has 1 heterocycles. The van der Waals surface area contributed by atoms with E-state index < -0.39 is 0 Å². The summed E-state index contributed by atoms with van der Waals surface area (Å²) in [6.07, 6.45) is 1.47. The molecule has 0 aliphatic carbocycles. The number of hydrogen-bond acceptors (Lipinski definition) is 3. The van der Waals surface area contributed by atoms with Crippen molar-refractivity contribution in [2.75, 3.05) is 26.7 Å². The van der Waals surface area contributed by atoms with Gasteiger partial charge in [0, 0.05) is 43.3 Å². The Bertz CT molecular complexity index is 510. The number of hydrogen-bond donors (Lipinski definition) is 1. The smallest absolute Gasteiger partial charge is 0.253 e. The Kier molecular flexibility index (Phi) is 6.45. The first-order valence-corrected chi connectivity index (χ1v) is 8.69. The second-order valence-corrected chi connectivity index (χ2v) is 7.20. The molecule has 1 saturated heterocycles. The lowest BCUT2D eigenvalue weighted by molar-refractivity contribution is 0.0474. The van der Waals surface area contributed by atoms with Crippen molar-refractivity contribution in [2.24, 2.45) is 5.92 Å². The van der Waals surface area contributed by atoms with Gasteiger partial charge in [0.15, 0.2) is 0 Å². The van der Waals surface area contributed by atoms with E-state index in [1.54, 1.807) is 24.3 Å². The van der Waals surface area contributed by atoms with Crippen LogP contribution in [0.3, 0.4) is 0 Å². The van der Waals surface area contributed by atoms with Crippen LogP contribution in [0.4, 0.5) is 0 Å². The highest BCUT2D eigenvalue weighted by molar-refractivity contribution is 6.30. The Hall–Kier alpha value is -1.10. The summed E-state index contributed by atoms with van der Waals surface area (Å²) in [5.41, 5.74) is 0.664. The van der Waals surface area contributed by atoms with Crippen LogP contribution in [0.1, 0.15) is 37.0 Å². The number of nitrogens with zero attached hydrogens (tertiary/aromatic N) is 2. The molecular formula is C18H27ClN2O2. The number of aliphatic hydroxyl groups is 1. The van der Waals surface area contributed by atoms with Gasteiger partial charge in [-0.1, -0.05) is 25.4 Å². The van der Waals surface area contributed by atoms with E-state index in [-0.39, 0.29) is 18.1 Å². The molecule has 0 aromatic heterocycles. The van der Waals surface area contributed by atoms with Gasteiger partial charge in [-0.25, -0.2) is 0 Å². The van der Waals surface area contributed by atoms with Crippen molar-refractivity contribution in [3.63, 3.8) is 0 Å². The Balaban J connectivity index is 2.04. The summed E-state index contributed by atoms with van der Waals surface area (Å²) < 4.78 is 0. The van der Waals surface area contributed by atoms with Gasteiger partial charge in [-0.15, -0.1) is 0 Å². The molecule has 1 aromatic carbocycles. The molecule has 1 N–H and O–H groups in total. The zero-order valence-corrected chi connectivity index (χ0v) is 15.0. The number of likely N-dealkylation sites (tertiary alicyclic amines) is 1. The third-order valence-corrected chi connectivity index (χ3v) is 4.93. The maximum atomic E-state index is 12.7. The summed E-state index contributed by atoms with van der Waals surface area (Å²) in [6.45, 7) is 6.94. The number of carbonyl (C=O) groups is 1. The van der Waals surface area contributed by atoms with Crippen LogP contribution < -0.4 is 0 Å². The molecule has 1 fully saturated rings. The number of carbonyl (C=O) groups excluding carboxylic acids is 1. The van der Waals surface area contributed by atoms with Crippen molar-refractivity contribution in [1.82, 2.24) is 9.80 Å². The Morgan fingerprint density at radius 2 is 1.87 bits per heavy atom. The van der Waals surface area contributed by atoms with Gasteiger partial charge in [0.2, 0.25) is 0 Å². The van der Waals surface area contributed by atoms with E-state index >= 15 is 0 Å². The summed E-state index contributed by atoms with van der Waals surface area (Å²) in [4.78, 5) is 16.9. The molecule has 1 aromatic rings. The molecule has 1 atom stereocenters. The number of halogens is 1. The molecule has 0 saturated carbocycles. The highest BCUT2D eigenvalue weighted by atomic mass is 35.5. The first-order valence-electron chi connectivity index (χ1n) is 8.31. The largest absolute Gasteiger partial charge is 0.393 e. The van der Waals surface area contributed by atoms with Gasteiger partial charge in [-0.05, 0) is 43.0 Å². The molecule has 1 unspecified atom stereocenters. The van der Waals surface area contributed by atoms with Crippen LogP contribution in [-0.2, 0) is 0 Å². The van der Waals surface area contributed by atoms with Gasteiger partial charge in [0.05, 0.1) is 6.10 Å². The summed E-state index contributed by atoms with van der Waals surface area (Å²) in [5, 5.41) is 10.3. The van der Waals surface area contributed by atoms with Crippen LogP contribution in [-0.4, -0.2) is 59.6 Å². The maximum Gasteiger partial charge on any atom is 0.253 e. The van der Waals surface area contributed by atoms with Crippen molar-refractivity contribution < 1.29 is 9.90 Å². The van der Waals surface area contributed by atoms with Gasteiger partial charge < -0.3 is 14.9 Å². The lowest BCUT2D eigenvalue weighted by Crippen LogP contribution is -2.49. The number of piperidine rings is 1. The third-order valence-electron chi connectivity index (χ3n) is 4.68. The average Bonchev–Trinajstić information content (AvgIpc) is 2.53. The molecule has 0 spiro atoms. The van der Waals surface area contributed by atoms with E-state index in [4.69, 9.17) is 11.6 Å². The standard InChI is InChI=1S/C18H27ClN2O2/c1-13(2)17(12-21-10-8-16(22)9-11-21)20(3)18(23)14-4-6-15(19)7-5-14/h4-7,13,16-17,22H,8-12H2,1-3H3. The minimum Gasteiger partial charge on any atom is -0.393 e. The molecule has 5 heteroatoms. The van der Waals surface area contributed by atoms with E-state index in [9.17, 15) is 9.90 Å². The van der Waals surface area contributed by atoms with Crippen LogP contribution in [0.15, 0.2) is 24.3 Å². The highest BCUT2D eigenvalue weighted by Crippen LogP contribution is 2.18. The van der Waals surface area contributed by atoms with Crippen molar-refractivity contribution in [3.05, 3.63) is 34.9 Å². The summed E-state index contributed by atoms with van der Waals surface area (Å²) >= 11 is 5.90. The molecule has 0 bridgehead atoms. The first kappa shape index (κ1) is 18.2. The Labute approximate surface area is 144 Å². The SMILES string of the molecule is CC(C)C(CN1CCC(O)CC1)N(C)C(=O)c1ccc(Cl)cc1. The fraction of sp³-hybridized carbons (Fsp3) is 0.611. The molecule has 2 rings (SSSR count). The lowest BCUT2D eigenvalue weighted by atomic mass is 9.99. The van der Waals surface area contributed by atoms with Crippen LogP contribution in [0, 0.1) is 5.92 Å². The second kappa shape index (κ2) is 8.13. The van der Waals surface area contributed by atoms with Crippen LogP contribution in [0.2, 0.25) is 5.02 Å². The quantitative estimate of drug-likeness (QED) is 0.897. The fourth-order valence-corrected chi connectivity index (χ4v) is 3.22. The van der Waals surface area contributed by atoms with Crippen LogP contribution >= 0.6 is 11.6 Å². The van der Waals surface area contributed by atoms with E-state index in [2.05, 4.69) is 18.7 Å². The first-order chi connectivity index (χ1) is 10.9. The summed E-state index contributed by atoms with van der Waals surface area (Å²) in [7, 11) is 1.88. The molecule has 128 valence electrons. The van der Waals surface area contributed by atoms with Crippen molar-refractivity contribution >= 4 is 17.5 Å². The molecule has 23 heavy (non-hydrogen) atoms. The van der Waals surface area contributed by atoms with E-state index in [0.29, 0.717) is 16.5 Å². The van der Waals surface area contributed by atoms with Crippen molar-refractivity contribution in [1.29, 1.82) is 0 Å². The highest BCUT2D eigenvalue weighted by Gasteiger charge is 2.27. The van der Waals surface area contributed by atoms with Gasteiger partial charge >= 0.3 is 0 Å². The number of benzene rings is 1. The topological polar surface area (TPSA) is 43.8 Å². The third kappa shape index (κ3) is 4.93. The molecule has 1 aliphatic rings. The maximum absolute atomic E-state index is 12.7. The van der Waals surface area contributed by atoms with Crippen molar-refractivity contribution in [3.8, 4) is 0 Å². The minimum atomic E-state index is -0.169. The predicted octanol–water partition coefficient (Wildman–Crippen LogP) is 2.89. The Morgan fingerprint density at radius 1 is 1.30 bits per heavy atom. The minimum absolute atomic E-state index is 0.0254. The van der Waals surface area contributed by atoms with Crippen LogP contribution in [0.5, 0.6) is 0 Å². The van der Waals surface area contributed by atoms with Gasteiger partial charge in [0.1, 0.15) is 0 Å². The number of rotatable bonds is 5. The molecular weight excluding hydrogens is 312 g/mol. The summed E-state index contributed by atoms with van der Waals surface area (Å²) in [5.74, 6) is 0.389. The molecule has 1 amide bonds. The molecule has 4 nitrogen and oxygen atoms in total. The normalized spacial score (nSPS) is 18.2. The number of aliphatic hydroxyl groups excluding tert-OH is 1. The van der Waals surface area contributed by atoms with Gasteiger partial charge in [0.25, 0.3) is 5.91 Å². The number of amides is 1. The fourth-order valence-electron chi connectivity index (χ4n) is 3.09.